The van der Waals surface area contributed by atoms with Crippen molar-refractivity contribution in [1.29, 1.82) is 0 Å². The molecule has 4 heteroatoms. The predicted octanol–water partition coefficient (Wildman–Crippen LogP) is 3.26. The predicted molar refractivity (Wildman–Crippen MR) is 77.7 cm³/mol. The number of hydrogen-bond acceptors (Lipinski definition) is 3. The first-order chi connectivity index (χ1) is 9.19. The zero-order chi connectivity index (χ0) is 13.7. The van der Waals surface area contributed by atoms with Gasteiger partial charge in [-0.05, 0) is 37.0 Å². The van der Waals surface area contributed by atoms with Gasteiger partial charge < -0.3 is 15.4 Å². The summed E-state index contributed by atoms with van der Waals surface area (Å²) >= 11 is 0. The molecule has 1 aromatic carbocycles. The van der Waals surface area contributed by atoms with Crippen LogP contribution in [-0.2, 0) is 4.79 Å². The van der Waals surface area contributed by atoms with Gasteiger partial charge in [-0.2, -0.15) is 0 Å². The molecule has 0 aromatic heterocycles. The van der Waals surface area contributed by atoms with E-state index in [1.54, 1.807) is 7.11 Å². The molecule has 0 atom stereocenters. The third-order valence-corrected chi connectivity index (χ3v) is 3.58. The minimum absolute atomic E-state index is 0.0630. The van der Waals surface area contributed by atoms with E-state index in [4.69, 9.17) is 4.74 Å². The van der Waals surface area contributed by atoms with E-state index in [1.807, 2.05) is 18.2 Å². The highest BCUT2D eigenvalue weighted by atomic mass is 16.5. The average Bonchev–Trinajstić information content (AvgIpc) is 2.89. The van der Waals surface area contributed by atoms with Crippen molar-refractivity contribution in [2.24, 2.45) is 5.92 Å². The Morgan fingerprint density at radius 3 is 2.74 bits per heavy atom. The Morgan fingerprint density at radius 1 is 1.37 bits per heavy atom. The van der Waals surface area contributed by atoms with E-state index in [-0.39, 0.29) is 5.91 Å². The molecular formula is C15H22N2O2. The van der Waals surface area contributed by atoms with Crippen LogP contribution in [0.15, 0.2) is 18.2 Å². The molecule has 0 saturated heterocycles. The van der Waals surface area contributed by atoms with Crippen LogP contribution >= 0.6 is 0 Å². The quantitative estimate of drug-likeness (QED) is 0.856. The molecule has 0 unspecified atom stereocenters. The topological polar surface area (TPSA) is 50.4 Å². The number of nitrogens with one attached hydrogen (secondary N) is 2. The first kappa shape index (κ1) is 13.7. The number of amides is 1. The third-order valence-electron chi connectivity index (χ3n) is 3.58. The minimum Gasteiger partial charge on any atom is -0.495 e. The molecule has 19 heavy (non-hydrogen) atoms. The number of methoxy groups -OCH3 is 1. The van der Waals surface area contributed by atoms with E-state index in [1.165, 1.54) is 32.6 Å². The Bertz CT molecular complexity index is 440. The van der Waals surface area contributed by atoms with Gasteiger partial charge in [-0.25, -0.2) is 0 Å². The lowest BCUT2D eigenvalue weighted by atomic mass is 10.1. The number of ether oxygens (including phenoxy) is 1. The Hall–Kier alpha value is -1.71. The molecule has 1 fully saturated rings. The maximum Gasteiger partial charge on any atom is 0.221 e. The van der Waals surface area contributed by atoms with Crippen molar-refractivity contribution in [2.45, 2.75) is 32.6 Å². The summed E-state index contributed by atoms with van der Waals surface area (Å²) in [6.45, 7) is 2.48. The summed E-state index contributed by atoms with van der Waals surface area (Å²) in [5, 5.41) is 6.23. The fourth-order valence-corrected chi connectivity index (χ4v) is 2.60. The lowest BCUT2D eigenvalue weighted by Gasteiger charge is -2.16. The summed E-state index contributed by atoms with van der Waals surface area (Å²) < 4.78 is 5.35. The zero-order valence-corrected chi connectivity index (χ0v) is 11.7. The number of carbonyl (C=O) groups is 1. The van der Waals surface area contributed by atoms with E-state index < -0.39 is 0 Å². The Balaban J connectivity index is 2.04. The molecule has 0 radical (unpaired) electrons. The van der Waals surface area contributed by atoms with Crippen LogP contribution in [0.3, 0.4) is 0 Å². The van der Waals surface area contributed by atoms with Gasteiger partial charge in [-0.3, -0.25) is 4.79 Å². The van der Waals surface area contributed by atoms with Crippen molar-refractivity contribution in [3.05, 3.63) is 18.2 Å². The van der Waals surface area contributed by atoms with Gasteiger partial charge in [-0.1, -0.05) is 12.8 Å². The molecule has 2 rings (SSSR count). The highest BCUT2D eigenvalue weighted by molar-refractivity contribution is 5.89. The van der Waals surface area contributed by atoms with Crippen molar-refractivity contribution in [2.75, 3.05) is 24.3 Å². The van der Waals surface area contributed by atoms with Gasteiger partial charge in [0, 0.05) is 19.2 Å². The van der Waals surface area contributed by atoms with Crippen LogP contribution < -0.4 is 15.4 Å². The molecule has 0 heterocycles. The number of anilines is 2. The molecule has 104 valence electrons. The second-order valence-electron chi connectivity index (χ2n) is 5.13. The highest BCUT2D eigenvalue weighted by Crippen LogP contribution is 2.30. The number of rotatable bonds is 5. The number of hydrogen-bond donors (Lipinski definition) is 2. The van der Waals surface area contributed by atoms with Gasteiger partial charge in [0.1, 0.15) is 5.75 Å². The summed E-state index contributed by atoms with van der Waals surface area (Å²) in [7, 11) is 1.66. The van der Waals surface area contributed by atoms with Gasteiger partial charge in [0.05, 0.1) is 12.8 Å². The molecule has 0 spiro atoms. The summed E-state index contributed by atoms with van der Waals surface area (Å²) in [6, 6.07) is 5.65. The van der Waals surface area contributed by atoms with E-state index in [0.717, 1.165) is 29.6 Å². The average molecular weight is 262 g/mol. The second-order valence-corrected chi connectivity index (χ2v) is 5.13. The molecule has 1 aliphatic rings. The fourth-order valence-electron chi connectivity index (χ4n) is 2.60. The van der Waals surface area contributed by atoms with Crippen LogP contribution in [0.5, 0.6) is 5.75 Å². The van der Waals surface area contributed by atoms with E-state index in [9.17, 15) is 4.79 Å². The molecule has 1 saturated carbocycles. The molecular weight excluding hydrogens is 240 g/mol. The number of benzene rings is 1. The second kappa shape index (κ2) is 6.45. The summed E-state index contributed by atoms with van der Waals surface area (Å²) in [5.41, 5.74) is 1.74. The Kier molecular flexibility index (Phi) is 4.66. The molecule has 1 aromatic rings. The van der Waals surface area contributed by atoms with Crippen LogP contribution in [0.2, 0.25) is 0 Å². The minimum atomic E-state index is -0.0630. The number of carbonyl (C=O) groups excluding carboxylic acids is 1. The first-order valence-corrected chi connectivity index (χ1v) is 6.88. The third kappa shape index (κ3) is 3.88. The van der Waals surface area contributed by atoms with Crippen LogP contribution in [0.25, 0.3) is 0 Å². The van der Waals surface area contributed by atoms with Crippen molar-refractivity contribution >= 4 is 17.3 Å². The van der Waals surface area contributed by atoms with Crippen LogP contribution in [0, 0.1) is 5.92 Å². The highest BCUT2D eigenvalue weighted by Gasteiger charge is 2.15. The maximum absolute atomic E-state index is 11.1. The first-order valence-electron chi connectivity index (χ1n) is 6.88. The Morgan fingerprint density at radius 2 is 2.11 bits per heavy atom. The van der Waals surface area contributed by atoms with Gasteiger partial charge in [0.25, 0.3) is 0 Å². The standard InChI is InChI=1S/C15H22N2O2/c1-11(18)17-13-7-8-15(19-2)14(9-13)16-10-12-5-3-4-6-12/h7-9,12,16H,3-6,10H2,1-2H3,(H,17,18). The maximum atomic E-state index is 11.1. The SMILES string of the molecule is COc1ccc(NC(C)=O)cc1NCC1CCCC1. The molecule has 4 nitrogen and oxygen atoms in total. The van der Waals surface area contributed by atoms with E-state index in [2.05, 4.69) is 10.6 Å². The van der Waals surface area contributed by atoms with Gasteiger partial charge in [-0.15, -0.1) is 0 Å². The van der Waals surface area contributed by atoms with Crippen molar-refractivity contribution in [3.63, 3.8) is 0 Å². The zero-order valence-electron chi connectivity index (χ0n) is 11.7. The largest absolute Gasteiger partial charge is 0.495 e. The lowest BCUT2D eigenvalue weighted by Crippen LogP contribution is -2.12. The smallest absolute Gasteiger partial charge is 0.221 e. The fraction of sp³-hybridized carbons (Fsp3) is 0.533. The van der Waals surface area contributed by atoms with Crippen LogP contribution in [-0.4, -0.2) is 19.6 Å². The summed E-state index contributed by atoms with van der Waals surface area (Å²) in [6.07, 6.45) is 5.30. The normalized spacial score (nSPS) is 15.3. The van der Waals surface area contributed by atoms with Gasteiger partial charge >= 0.3 is 0 Å². The molecule has 0 bridgehead atoms. The summed E-state index contributed by atoms with van der Waals surface area (Å²) in [4.78, 5) is 11.1. The molecule has 0 aliphatic heterocycles. The molecule has 2 N–H and O–H groups in total. The Labute approximate surface area is 114 Å². The van der Waals surface area contributed by atoms with Crippen molar-refractivity contribution < 1.29 is 9.53 Å². The molecule has 1 amide bonds. The molecule has 1 aliphatic carbocycles. The monoisotopic (exact) mass is 262 g/mol. The van der Waals surface area contributed by atoms with Crippen LogP contribution in [0.4, 0.5) is 11.4 Å². The lowest BCUT2D eigenvalue weighted by molar-refractivity contribution is -0.114. The van der Waals surface area contributed by atoms with E-state index in [0.29, 0.717) is 0 Å². The van der Waals surface area contributed by atoms with Crippen LogP contribution in [0.1, 0.15) is 32.6 Å². The van der Waals surface area contributed by atoms with Crippen molar-refractivity contribution in [3.8, 4) is 5.75 Å². The summed E-state index contributed by atoms with van der Waals surface area (Å²) in [5.74, 6) is 1.51. The van der Waals surface area contributed by atoms with E-state index >= 15 is 0 Å². The van der Waals surface area contributed by atoms with Gasteiger partial charge in [0.2, 0.25) is 5.91 Å². The van der Waals surface area contributed by atoms with Gasteiger partial charge in [0.15, 0.2) is 0 Å². The van der Waals surface area contributed by atoms with Crippen molar-refractivity contribution in [1.82, 2.24) is 0 Å².